The lowest BCUT2D eigenvalue weighted by Gasteiger charge is -2.17. The average Bonchev–Trinajstić information content (AvgIpc) is 2.47. The second kappa shape index (κ2) is 7.11. The molecule has 2 aromatic rings. The van der Waals surface area contributed by atoms with E-state index in [0.29, 0.717) is 0 Å². The maximum atomic E-state index is 6.03. The van der Waals surface area contributed by atoms with Crippen molar-refractivity contribution in [3.8, 4) is 5.75 Å². The van der Waals surface area contributed by atoms with Gasteiger partial charge in [-0.3, -0.25) is 0 Å². The third-order valence-electron chi connectivity index (χ3n) is 3.21. The third-order valence-corrected chi connectivity index (χ3v) is 4.22. The number of para-hydroxylation sites is 1. The number of ether oxygens (including phenoxy) is 1. The first-order chi connectivity index (χ1) is 9.61. The summed E-state index contributed by atoms with van der Waals surface area (Å²) in [5.74, 6) is 0.901. The first kappa shape index (κ1) is 15.4. The fourth-order valence-corrected chi connectivity index (χ4v) is 2.66. The molecule has 0 spiro atoms. The lowest BCUT2D eigenvalue weighted by Crippen LogP contribution is -2.19. The van der Waals surface area contributed by atoms with Crippen molar-refractivity contribution >= 4 is 27.5 Å². The van der Waals surface area contributed by atoms with E-state index in [1.807, 2.05) is 36.4 Å². The maximum absolute atomic E-state index is 6.03. The molecule has 0 amide bonds. The van der Waals surface area contributed by atoms with Crippen molar-refractivity contribution in [3.63, 3.8) is 0 Å². The van der Waals surface area contributed by atoms with Crippen molar-refractivity contribution in [3.05, 3.63) is 63.1 Å². The number of halogens is 2. The van der Waals surface area contributed by atoms with Gasteiger partial charge in [0.25, 0.3) is 0 Å². The van der Waals surface area contributed by atoms with Crippen LogP contribution in [-0.4, -0.2) is 7.11 Å². The summed E-state index contributed by atoms with van der Waals surface area (Å²) in [7, 11) is 1.69. The van der Waals surface area contributed by atoms with Crippen LogP contribution in [-0.2, 0) is 6.54 Å². The molecule has 1 unspecified atom stereocenters. The van der Waals surface area contributed by atoms with Gasteiger partial charge in [-0.05, 0) is 36.8 Å². The molecular formula is C16H17BrClNO. The molecule has 4 heteroatoms. The van der Waals surface area contributed by atoms with Gasteiger partial charge in [0.05, 0.1) is 7.11 Å². The van der Waals surface area contributed by atoms with Gasteiger partial charge in [-0.15, -0.1) is 0 Å². The van der Waals surface area contributed by atoms with Gasteiger partial charge in [0, 0.05) is 27.6 Å². The number of nitrogens with one attached hydrogen (secondary N) is 1. The molecule has 0 aliphatic heterocycles. The van der Waals surface area contributed by atoms with Gasteiger partial charge in [0.15, 0.2) is 0 Å². The van der Waals surface area contributed by atoms with Crippen LogP contribution in [0.1, 0.15) is 24.1 Å². The van der Waals surface area contributed by atoms with Gasteiger partial charge in [-0.1, -0.05) is 45.7 Å². The molecule has 1 atom stereocenters. The Morgan fingerprint density at radius 1 is 1.25 bits per heavy atom. The molecule has 2 nitrogen and oxygen atoms in total. The van der Waals surface area contributed by atoms with Crippen LogP contribution < -0.4 is 10.1 Å². The smallest absolute Gasteiger partial charge is 0.123 e. The van der Waals surface area contributed by atoms with E-state index in [9.17, 15) is 0 Å². The Hall–Kier alpha value is -1.03. The first-order valence-electron chi connectivity index (χ1n) is 6.42. The molecule has 2 rings (SSSR count). The minimum atomic E-state index is 0.192. The Labute approximate surface area is 133 Å². The summed E-state index contributed by atoms with van der Waals surface area (Å²) in [4.78, 5) is 0. The summed E-state index contributed by atoms with van der Waals surface area (Å²) < 4.78 is 6.45. The molecular weight excluding hydrogens is 338 g/mol. The topological polar surface area (TPSA) is 21.3 Å². The van der Waals surface area contributed by atoms with Crippen LogP contribution in [0.2, 0.25) is 5.02 Å². The molecule has 0 saturated heterocycles. The minimum Gasteiger partial charge on any atom is -0.496 e. The molecule has 0 fully saturated rings. The summed E-state index contributed by atoms with van der Waals surface area (Å²) in [6.45, 7) is 2.86. The Morgan fingerprint density at radius 3 is 2.75 bits per heavy atom. The van der Waals surface area contributed by atoms with E-state index in [4.69, 9.17) is 16.3 Å². The SMILES string of the molecule is COc1ccccc1C(C)NCc1cc(Cl)ccc1Br. The molecule has 0 aliphatic carbocycles. The van der Waals surface area contributed by atoms with Crippen LogP contribution in [0.4, 0.5) is 0 Å². The van der Waals surface area contributed by atoms with Gasteiger partial charge in [-0.2, -0.15) is 0 Å². The van der Waals surface area contributed by atoms with Crippen molar-refractivity contribution in [2.24, 2.45) is 0 Å². The zero-order valence-electron chi connectivity index (χ0n) is 11.5. The number of hydrogen-bond acceptors (Lipinski definition) is 2. The highest BCUT2D eigenvalue weighted by Crippen LogP contribution is 2.26. The van der Waals surface area contributed by atoms with Gasteiger partial charge in [-0.25, -0.2) is 0 Å². The van der Waals surface area contributed by atoms with Gasteiger partial charge in [0.1, 0.15) is 5.75 Å². The zero-order valence-corrected chi connectivity index (χ0v) is 13.8. The van der Waals surface area contributed by atoms with Crippen LogP contribution in [0, 0.1) is 0 Å². The lowest BCUT2D eigenvalue weighted by molar-refractivity contribution is 0.401. The Kier molecular flexibility index (Phi) is 5.46. The predicted molar refractivity (Wildman–Crippen MR) is 87.4 cm³/mol. The van der Waals surface area contributed by atoms with Crippen molar-refractivity contribution in [2.45, 2.75) is 19.5 Å². The van der Waals surface area contributed by atoms with E-state index >= 15 is 0 Å². The maximum Gasteiger partial charge on any atom is 0.123 e. The van der Waals surface area contributed by atoms with Crippen LogP contribution in [0.3, 0.4) is 0 Å². The molecule has 0 aromatic heterocycles. The molecule has 0 heterocycles. The van der Waals surface area contributed by atoms with Crippen molar-refractivity contribution < 1.29 is 4.74 Å². The second-order valence-electron chi connectivity index (χ2n) is 4.58. The Balaban J connectivity index is 2.08. The van der Waals surface area contributed by atoms with Crippen LogP contribution >= 0.6 is 27.5 Å². The van der Waals surface area contributed by atoms with Crippen molar-refractivity contribution in [1.82, 2.24) is 5.32 Å². The van der Waals surface area contributed by atoms with Crippen molar-refractivity contribution in [1.29, 1.82) is 0 Å². The largest absolute Gasteiger partial charge is 0.496 e. The van der Waals surface area contributed by atoms with E-state index < -0.39 is 0 Å². The fourth-order valence-electron chi connectivity index (χ4n) is 2.08. The number of rotatable bonds is 5. The number of methoxy groups -OCH3 is 1. The van der Waals surface area contributed by atoms with E-state index in [1.54, 1.807) is 7.11 Å². The highest BCUT2D eigenvalue weighted by Gasteiger charge is 2.11. The normalized spacial score (nSPS) is 12.2. The van der Waals surface area contributed by atoms with E-state index in [0.717, 1.165) is 32.9 Å². The number of benzene rings is 2. The van der Waals surface area contributed by atoms with Crippen LogP contribution in [0.5, 0.6) is 5.75 Å². The van der Waals surface area contributed by atoms with Crippen LogP contribution in [0.15, 0.2) is 46.9 Å². The third kappa shape index (κ3) is 3.75. The Morgan fingerprint density at radius 2 is 2.00 bits per heavy atom. The number of hydrogen-bond donors (Lipinski definition) is 1. The lowest BCUT2D eigenvalue weighted by atomic mass is 10.1. The summed E-state index contributed by atoms with van der Waals surface area (Å²) in [6.07, 6.45) is 0. The molecule has 20 heavy (non-hydrogen) atoms. The Bertz CT molecular complexity index is 588. The monoisotopic (exact) mass is 353 g/mol. The van der Waals surface area contributed by atoms with Gasteiger partial charge < -0.3 is 10.1 Å². The van der Waals surface area contributed by atoms with Crippen LogP contribution in [0.25, 0.3) is 0 Å². The highest BCUT2D eigenvalue weighted by molar-refractivity contribution is 9.10. The predicted octanol–water partition coefficient (Wildman–Crippen LogP) is 4.96. The molecule has 0 bridgehead atoms. The molecule has 0 aliphatic rings. The zero-order chi connectivity index (χ0) is 14.5. The first-order valence-corrected chi connectivity index (χ1v) is 7.59. The summed E-state index contributed by atoms with van der Waals surface area (Å²) >= 11 is 9.57. The second-order valence-corrected chi connectivity index (χ2v) is 5.87. The summed E-state index contributed by atoms with van der Waals surface area (Å²) in [5, 5.41) is 4.23. The minimum absolute atomic E-state index is 0.192. The molecule has 0 radical (unpaired) electrons. The highest BCUT2D eigenvalue weighted by atomic mass is 79.9. The standard InChI is InChI=1S/C16H17BrClNO/c1-11(14-5-3-4-6-16(14)20-2)19-10-12-9-13(18)7-8-15(12)17/h3-9,11,19H,10H2,1-2H3. The van der Waals surface area contributed by atoms with Crippen molar-refractivity contribution in [2.75, 3.05) is 7.11 Å². The molecule has 2 aromatic carbocycles. The van der Waals surface area contributed by atoms with Gasteiger partial charge in [0.2, 0.25) is 0 Å². The summed E-state index contributed by atoms with van der Waals surface area (Å²) in [6, 6.07) is 14.0. The quantitative estimate of drug-likeness (QED) is 0.819. The fraction of sp³-hybridized carbons (Fsp3) is 0.250. The van der Waals surface area contributed by atoms with E-state index in [-0.39, 0.29) is 6.04 Å². The summed E-state index contributed by atoms with van der Waals surface area (Å²) in [5.41, 5.74) is 2.28. The molecule has 1 N–H and O–H groups in total. The molecule has 106 valence electrons. The van der Waals surface area contributed by atoms with E-state index in [2.05, 4.69) is 34.2 Å². The average molecular weight is 355 g/mol. The van der Waals surface area contributed by atoms with Gasteiger partial charge >= 0.3 is 0 Å². The van der Waals surface area contributed by atoms with E-state index in [1.165, 1.54) is 0 Å². The molecule has 0 saturated carbocycles.